The third-order valence-electron chi connectivity index (χ3n) is 8.60. The number of unbranched alkanes of at least 4 members (excludes halogenated alkanes) is 2. The number of hydrogen-bond donors (Lipinski definition) is 2. The molecule has 3 aliphatic rings. The van der Waals surface area contributed by atoms with Crippen LogP contribution in [0.15, 0.2) is 18.2 Å². The second-order valence-corrected chi connectivity index (χ2v) is 11.5. The van der Waals surface area contributed by atoms with Crippen LogP contribution in [0.5, 0.6) is 11.5 Å². The molecule has 1 aromatic carbocycles. The fraction of sp³-hybridized carbons (Fsp3) is 0.625. The number of rotatable bonds is 13. The second-order valence-electron chi connectivity index (χ2n) is 11.5. The molecule has 2 unspecified atom stereocenters. The van der Waals surface area contributed by atoms with E-state index in [2.05, 4.69) is 11.4 Å². The van der Waals surface area contributed by atoms with Crippen LogP contribution < -0.4 is 14.8 Å². The van der Waals surface area contributed by atoms with Crippen LogP contribution in [0.2, 0.25) is 0 Å². The highest BCUT2D eigenvalue weighted by atomic mass is 19.1. The van der Waals surface area contributed by atoms with E-state index in [-0.39, 0.29) is 18.0 Å². The first-order chi connectivity index (χ1) is 20.5. The summed E-state index contributed by atoms with van der Waals surface area (Å²) in [4.78, 5) is 19.2. The molecule has 2 aromatic rings. The molecule has 2 N–H and O–H groups in total. The molecule has 10 heteroatoms. The van der Waals surface area contributed by atoms with Crippen molar-refractivity contribution in [3.05, 3.63) is 46.4 Å². The molecule has 5 rings (SSSR count). The number of nitrogens with zero attached hydrogens (tertiary/aromatic N) is 2. The van der Waals surface area contributed by atoms with Crippen LogP contribution in [-0.2, 0) is 27.1 Å². The largest absolute Gasteiger partial charge is 0.496 e. The molecule has 0 radical (unpaired) electrons. The first kappa shape index (κ1) is 30.5. The Morgan fingerprint density at radius 2 is 2.05 bits per heavy atom. The van der Waals surface area contributed by atoms with Gasteiger partial charge in [0.05, 0.1) is 26.4 Å². The van der Waals surface area contributed by atoms with Gasteiger partial charge in [-0.2, -0.15) is 0 Å². The molecule has 3 atom stereocenters. The van der Waals surface area contributed by atoms with Crippen molar-refractivity contribution in [2.24, 2.45) is 0 Å². The van der Waals surface area contributed by atoms with Gasteiger partial charge in [-0.1, -0.05) is 6.42 Å². The van der Waals surface area contributed by atoms with Crippen molar-refractivity contribution in [3.8, 4) is 11.5 Å². The molecule has 42 heavy (non-hydrogen) atoms. The lowest BCUT2D eigenvalue weighted by Crippen LogP contribution is -2.34. The minimum Gasteiger partial charge on any atom is -0.496 e. The molecular weight excluding hydrogens is 541 g/mol. The predicted molar refractivity (Wildman–Crippen MR) is 157 cm³/mol. The summed E-state index contributed by atoms with van der Waals surface area (Å²) in [5.74, 6) is 0.271. The summed E-state index contributed by atoms with van der Waals surface area (Å²) >= 11 is 0. The maximum atomic E-state index is 15.1. The van der Waals surface area contributed by atoms with Gasteiger partial charge in [-0.3, -0.25) is 9.69 Å². The number of anilines is 1. The van der Waals surface area contributed by atoms with E-state index in [1.165, 1.54) is 18.7 Å². The number of aromatic nitrogens is 1. The van der Waals surface area contributed by atoms with Crippen LogP contribution >= 0.6 is 0 Å². The van der Waals surface area contributed by atoms with Crippen molar-refractivity contribution in [2.45, 2.75) is 82.5 Å². The zero-order valence-corrected chi connectivity index (χ0v) is 24.8. The highest BCUT2D eigenvalue weighted by Gasteiger charge is 2.37. The Kier molecular flexibility index (Phi) is 10.5. The van der Waals surface area contributed by atoms with Gasteiger partial charge in [-0.25, -0.2) is 9.37 Å². The van der Waals surface area contributed by atoms with E-state index >= 15 is 4.39 Å². The highest BCUT2D eigenvalue weighted by Crippen LogP contribution is 2.39. The van der Waals surface area contributed by atoms with Crippen molar-refractivity contribution in [1.29, 1.82) is 0 Å². The normalized spacial score (nSPS) is 21.4. The molecule has 0 amide bonds. The van der Waals surface area contributed by atoms with Crippen LogP contribution in [0, 0.1) is 5.82 Å². The summed E-state index contributed by atoms with van der Waals surface area (Å²) < 4.78 is 38.1. The number of pyridine rings is 1. The Bertz CT molecular complexity index is 1200. The number of carboxylic acids is 1. The molecule has 0 spiro atoms. The van der Waals surface area contributed by atoms with E-state index < -0.39 is 17.8 Å². The standard InChI is InChI=1S/C32H44FN3O6/c1-39-28-19-22(35-31-24(28)10-8-13-34-31)9-4-3-6-15-41-23-12-14-36(20-23)29(32(37)38)25-17-21(18-26(33)30(25)40-2)27-11-5-7-16-42-27/h17-19,23,27,29H,3-16,20H2,1-2H3,(H,34,35)(H,37,38)/t23-,27?,29?/m1/s1. The fourth-order valence-corrected chi connectivity index (χ4v) is 6.46. The summed E-state index contributed by atoms with van der Waals surface area (Å²) in [6, 6.07) is 4.21. The van der Waals surface area contributed by atoms with E-state index in [0.717, 1.165) is 88.0 Å². The summed E-state index contributed by atoms with van der Waals surface area (Å²) in [7, 11) is 3.09. The van der Waals surface area contributed by atoms with Crippen LogP contribution in [0.3, 0.4) is 0 Å². The average molecular weight is 586 g/mol. The third kappa shape index (κ3) is 7.15. The van der Waals surface area contributed by atoms with Gasteiger partial charge in [-0.15, -0.1) is 0 Å². The van der Waals surface area contributed by atoms with Gasteiger partial charge in [0.25, 0.3) is 0 Å². The molecule has 2 fully saturated rings. The second kappa shape index (κ2) is 14.5. The molecular formula is C32H44FN3O6. The number of nitrogens with one attached hydrogen (secondary N) is 1. The summed E-state index contributed by atoms with van der Waals surface area (Å²) in [6.07, 6.45) is 9.10. The Hall–Kier alpha value is -2.95. The number of carbonyl (C=O) groups is 1. The smallest absolute Gasteiger partial charge is 0.325 e. The molecule has 0 bridgehead atoms. The van der Waals surface area contributed by atoms with Crippen LogP contribution in [-0.4, -0.2) is 74.1 Å². The van der Waals surface area contributed by atoms with Gasteiger partial charge < -0.3 is 29.4 Å². The molecule has 230 valence electrons. The molecule has 1 aromatic heterocycles. The van der Waals surface area contributed by atoms with E-state index in [9.17, 15) is 9.90 Å². The topological polar surface area (TPSA) is 102 Å². The highest BCUT2D eigenvalue weighted by molar-refractivity contribution is 5.77. The predicted octanol–water partition coefficient (Wildman–Crippen LogP) is 5.47. The quantitative estimate of drug-likeness (QED) is 0.297. The minimum absolute atomic E-state index is 0.0202. The number of aryl methyl sites for hydroxylation is 1. The van der Waals surface area contributed by atoms with Crippen molar-refractivity contribution in [2.75, 3.05) is 52.4 Å². The van der Waals surface area contributed by atoms with Crippen molar-refractivity contribution in [1.82, 2.24) is 9.88 Å². The summed E-state index contributed by atoms with van der Waals surface area (Å²) in [5.41, 5.74) is 3.21. The third-order valence-corrected chi connectivity index (χ3v) is 8.60. The molecule has 3 aliphatic heterocycles. The van der Waals surface area contributed by atoms with Gasteiger partial charge in [0.15, 0.2) is 11.6 Å². The molecule has 2 saturated heterocycles. The molecule has 0 aliphatic carbocycles. The van der Waals surface area contributed by atoms with E-state index in [1.807, 2.05) is 4.90 Å². The van der Waals surface area contributed by atoms with Crippen molar-refractivity contribution < 1.29 is 33.2 Å². The lowest BCUT2D eigenvalue weighted by molar-refractivity contribution is -0.143. The van der Waals surface area contributed by atoms with E-state index in [0.29, 0.717) is 37.4 Å². The van der Waals surface area contributed by atoms with Gasteiger partial charge in [0.2, 0.25) is 0 Å². The van der Waals surface area contributed by atoms with E-state index in [1.54, 1.807) is 13.2 Å². The number of carboxylic acid groups (broad SMARTS) is 1. The van der Waals surface area contributed by atoms with Gasteiger partial charge >= 0.3 is 5.97 Å². The zero-order chi connectivity index (χ0) is 29.5. The average Bonchev–Trinajstić information content (AvgIpc) is 3.46. The minimum atomic E-state index is -1.03. The number of aliphatic carboxylic acids is 1. The number of ether oxygens (including phenoxy) is 4. The van der Waals surface area contributed by atoms with Gasteiger partial charge in [0, 0.05) is 55.7 Å². The molecule has 0 saturated carbocycles. The maximum Gasteiger partial charge on any atom is 0.325 e. The van der Waals surface area contributed by atoms with Gasteiger partial charge in [-0.05, 0) is 75.5 Å². The maximum absolute atomic E-state index is 15.1. The van der Waals surface area contributed by atoms with Crippen LogP contribution in [0.25, 0.3) is 0 Å². The lowest BCUT2D eigenvalue weighted by atomic mass is 9.95. The molecule has 4 heterocycles. The molecule has 9 nitrogen and oxygen atoms in total. The summed E-state index contributed by atoms with van der Waals surface area (Å²) in [5, 5.41) is 13.6. The number of halogens is 1. The van der Waals surface area contributed by atoms with Crippen molar-refractivity contribution >= 4 is 11.8 Å². The zero-order valence-electron chi connectivity index (χ0n) is 24.8. The number of hydrogen-bond acceptors (Lipinski definition) is 8. The SMILES string of the molecule is COc1cc(CCCCCO[C@@H]2CCN(C(C(=O)O)c3cc(C4CCCCO4)cc(F)c3OC)C2)nc2c1CCCN2. The van der Waals surface area contributed by atoms with Crippen molar-refractivity contribution in [3.63, 3.8) is 0 Å². The fourth-order valence-electron chi connectivity index (χ4n) is 6.46. The first-order valence-electron chi connectivity index (χ1n) is 15.4. The van der Waals surface area contributed by atoms with Crippen LogP contribution in [0.1, 0.15) is 85.9 Å². The van der Waals surface area contributed by atoms with Crippen LogP contribution in [0.4, 0.5) is 10.2 Å². The Labute approximate surface area is 247 Å². The Balaban J connectivity index is 1.12. The number of fused-ring (bicyclic) bond motifs is 1. The first-order valence-corrected chi connectivity index (χ1v) is 15.4. The number of benzene rings is 1. The van der Waals surface area contributed by atoms with E-state index in [4.69, 9.17) is 23.9 Å². The Morgan fingerprint density at radius 1 is 1.17 bits per heavy atom. The summed E-state index contributed by atoms with van der Waals surface area (Å²) in [6.45, 7) is 3.21. The number of methoxy groups -OCH3 is 2. The monoisotopic (exact) mass is 585 g/mol. The van der Waals surface area contributed by atoms with Gasteiger partial charge in [0.1, 0.15) is 17.6 Å². The number of likely N-dealkylation sites (tertiary alicyclic amines) is 1. The lowest BCUT2D eigenvalue weighted by Gasteiger charge is -2.28. The Morgan fingerprint density at radius 3 is 2.81 bits per heavy atom.